The van der Waals surface area contributed by atoms with Crippen LogP contribution in [0.3, 0.4) is 0 Å². The van der Waals surface area contributed by atoms with Crippen molar-refractivity contribution in [3.63, 3.8) is 0 Å². The highest BCUT2D eigenvalue weighted by atomic mass is 32.2. The molecule has 17 heteroatoms. The summed E-state index contributed by atoms with van der Waals surface area (Å²) in [6.07, 6.45) is -4.77. The number of amides is 2. The molecule has 2 aliphatic heterocycles. The van der Waals surface area contributed by atoms with Crippen LogP contribution in [-0.4, -0.2) is 61.9 Å². The molecule has 8 nitrogen and oxygen atoms in total. The third-order valence-electron chi connectivity index (χ3n) is 6.54. The second kappa shape index (κ2) is 8.77. The van der Waals surface area contributed by atoms with Crippen LogP contribution in [0.4, 0.5) is 45.7 Å². The minimum absolute atomic E-state index is 0.246. The molecule has 0 radical (unpaired) electrons. The Morgan fingerprint density at radius 3 is 2.33 bits per heavy atom. The molecule has 0 unspecified atom stereocenters. The predicted octanol–water partition coefficient (Wildman–Crippen LogP) is 4.50. The van der Waals surface area contributed by atoms with E-state index in [1.54, 1.807) is 4.72 Å². The van der Waals surface area contributed by atoms with E-state index >= 15 is 0 Å². The lowest BCUT2D eigenvalue weighted by atomic mass is 9.97. The van der Waals surface area contributed by atoms with E-state index in [1.807, 2.05) is 0 Å². The van der Waals surface area contributed by atoms with E-state index in [-0.39, 0.29) is 12.1 Å². The largest absolute Gasteiger partial charge is 0.416 e. The first-order valence-electron chi connectivity index (χ1n) is 11.1. The number of rotatable bonds is 4. The fourth-order valence-electron chi connectivity index (χ4n) is 4.92. The second-order valence-electron chi connectivity index (χ2n) is 9.15. The molecule has 3 aromatic rings. The van der Waals surface area contributed by atoms with E-state index in [2.05, 4.69) is 5.16 Å². The third-order valence-corrected chi connectivity index (χ3v) is 7.25. The Hall–Kier alpha value is -3.47. The molecule has 1 aromatic heterocycles. The van der Waals surface area contributed by atoms with Crippen LogP contribution in [0.25, 0.3) is 22.1 Å². The Labute approximate surface area is 214 Å². The Kier molecular flexibility index (Phi) is 6.10. The molecule has 5 rings (SSSR count). The third kappa shape index (κ3) is 4.56. The van der Waals surface area contributed by atoms with Gasteiger partial charge in [-0.05, 0) is 18.6 Å². The van der Waals surface area contributed by atoms with Crippen molar-refractivity contribution in [3.8, 4) is 11.1 Å². The molecule has 0 bridgehead atoms. The van der Waals surface area contributed by atoms with Crippen LogP contribution in [0.1, 0.15) is 12.0 Å². The van der Waals surface area contributed by atoms with Crippen molar-refractivity contribution >= 4 is 32.8 Å². The lowest BCUT2D eigenvalue weighted by Gasteiger charge is -2.37. The first kappa shape index (κ1) is 27.1. The van der Waals surface area contributed by atoms with Gasteiger partial charge in [0.05, 0.1) is 22.8 Å². The summed E-state index contributed by atoms with van der Waals surface area (Å²) < 4.78 is 143. The Bertz CT molecular complexity index is 1580. The van der Waals surface area contributed by atoms with Crippen molar-refractivity contribution in [2.24, 2.45) is 0 Å². The van der Waals surface area contributed by atoms with E-state index in [0.29, 0.717) is 23.3 Å². The number of carbonyl (C=O) groups excluding carboxylic acids is 1. The normalized spacial score (nSPS) is 21.6. The average Bonchev–Trinajstić information content (AvgIpc) is 3.31. The number of fused-ring (bicyclic) bond motifs is 2. The van der Waals surface area contributed by atoms with Gasteiger partial charge in [0, 0.05) is 30.8 Å². The Balaban J connectivity index is 1.64. The molecule has 2 aliphatic rings. The highest BCUT2D eigenvalue weighted by Crippen LogP contribution is 2.45. The zero-order valence-corrected chi connectivity index (χ0v) is 20.3. The van der Waals surface area contributed by atoms with E-state index in [4.69, 9.17) is 4.52 Å². The number of hydrogen-bond acceptors (Lipinski definition) is 5. The highest BCUT2D eigenvalue weighted by Gasteiger charge is 2.60. The molecular formula is C22H16F8N4O4S. The minimum Gasteiger partial charge on any atom is -0.354 e. The van der Waals surface area contributed by atoms with Crippen LogP contribution in [0.2, 0.25) is 0 Å². The molecular weight excluding hydrogens is 568 g/mol. The molecule has 2 saturated heterocycles. The summed E-state index contributed by atoms with van der Waals surface area (Å²) in [5, 5.41) is 3.14. The molecule has 0 aliphatic carbocycles. The molecule has 2 atom stereocenters. The number of hydrogen-bond donors (Lipinski definition) is 1. The summed E-state index contributed by atoms with van der Waals surface area (Å²) in [5.74, 6) is -8.64. The number of benzene rings is 2. The maximum absolute atomic E-state index is 14.9. The maximum Gasteiger partial charge on any atom is 0.416 e. The number of carbonyl (C=O) groups is 1. The summed E-state index contributed by atoms with van der Waals surface area (Å²) in [6, 6.07) is -3.46. The summed E-state index contributed by atoms with van der Waals surface area (Å²) in [6.45, 7) is -1.22. The van der Waals surface area contributed by atoms with Crippen molar-refractivity contribution in [2.45, 2.75) is 30.6 Å². The standard InChI is InChI=1S/C22H16F8N4O4S/c1-39(36,37)32-15-8-34-16(21(15,26)27)2-3-33(20(34)35)19-18-11(17-12(24)6-10(23)7-13(17)25)4-9(22(28,29)30)5-14(18)38-31-19/h4-7,15-16,32H,2-3,8H2,1H3/t15-,16-/m1/s1. The van der Waals surface area contributed by atoms with Crippen molar-refractivity contribution in [3.05, 3.63) is 47.3 Å². The van der Waals surface area contributed by atoms with Crippen LogP contribution in [-0.2, 0) is 16.2 Å². The number of nitrogens with zero attached hydrogens (tertiary/aromatic N) is 3. The van der Waals surface area contributed by atoms with Gasteiger partial charge in [0.1, 0.15) is 29.5 Å². The Morgan fingerprint density at radius 1 is 1.10 bits per heavy atom. The Morgan fingerprint density at radius 2 is 1.74 bits per heavy atom. The molecule has 3 heterocycles. The quantitative estimate of drug-likeness (QED) is 0.456. The first-order chi connectivity index (χ1) is 18.0. The lowest BCUT2D eigenvalue weighted by molar-refractivity contribution is -0.137. The summed E-state index contributed by atoms with van der Waals surface area (Å²) in [4.78, 5) is 14.7. The molecule has 1 N–H and O–H groups in total. The van der Waals surface area contributed by atoms with Crippen LogP contribution in [0.5, 0.6) is 0 Å². The molecule has 2 amide bonds. The minimum atomic E-state index is -5.01. The summed E-state index contributed by atoms with van der Waals surface area (Å²) in [7, 11) is -4.09. The zero-order valence-electron chi connectivity index (χ0n) is 19.5. The van der Waals surface area contributed by atoms with E-state index in [0.717, 1.165) is 4.90 Å². The number of nitrogens with one attached hydrogen (secondary N) is 1. The molecule has 2 aromatic carbocycles. The van der Waals surface area contributed by atoms with E-state index in [1.165, 1.54) is 0 Å². The van der Waals surface area contributed by atoms with Gasteiger partial charge >= 0.3 is 12.2 Å². The van der Waals surface area contributed by atoms with Crippen molar-refractivity contribution in [2.75, 3.05) is 24.2 Å². The predicted molar refractivity (Wildman–Crippen MR) is 119 cm³/mol. The smallest absolute Gasteiger partial charge is 0.354 e. The molecule has 0 spiro atoms. The molecule has 0 saturated carbocycles. The number of urea groups is 1. The van der Waals surface area contributed by atoms with Crippen molar-refractivity contribution < 1.29 is 52.9 Å². The fraction of sp³-hybridized carbons (Fsp3) is 0.364. The van der Waals surface area contributed by atoms with E-state index in [9.17, 15) is 48.3 Å². The molecule has 210 valence electrons. The topological polar surface area (TPSA) is 95.8 Å². The van der Waals surface area contributed by atoms with Gasteiger partial charge in [0.25, 0.3) is 5.92 Å². The van der Waals surface area contributed by atoms with Gasteiger partial charge in [0.15, 0.2) is 11.4 Å². The molecule has 2 fully saturated rings. The monoisotopic (exact) mass is 584 g/mol. The van der Waals surface area contributed by atoms with Gasteiger partial charge in [0.2, 0.25) is 10.0 Å². The van der Waals surface area contributed by atoms with Crippen molar-refractivity contribution in [1.82, 2.24) is 14.8 Å². The number of anilines is 1. The number of halogens is 8. The lowest BCUT2D eigenvalue weighted by Crippen LogP contribution is -2.56. The number of alkyl halides is 5. The number of sulfonamides is 1. The fourth-order valence-corrected chi connectivity index (χ4v) is 5.67. The van der Waals surface area contributed by atoms with Gasteiger partial charge in [-0.1, -0.05) is 5.16 Å². The number of aromatic nitrogens is 1. The SMILES string of the molecule is CS(=O)(=O)N[C@@H]1CN2C(=O)N(c3noc4cc(C(F)(F)F)cc(-c5c(F)cc(F)cc5F)c34)CC[C@@H]2C1(F)F. The molecule has 39 heavy (non-hydrogen) atoms. The second-order valence-corrected chi connectivity index (χ2v) is 10.9. The van der Waals surface area contributed by atoms with Gasteiger partial charge < -0.3 is 9.42 Å². The van der Waals surface area contributed by atoms with Gasteiger partial charge in [-0.15, -0.1) is 0 Å². The van der Waals surface area contributed by atoms with Crippen LogP contribution >= 0.6 is 0 Å². The highest BCUT2D eigenvalue weighted by molar-refractivity contribution is 7.88. The first-order valence-corrected chi connectivity index (χ1v) is 13.0. The van der Waals surface area contributed by atoms with Crippen molar-refractivity contribution in [1.29, 1.82) is 0 Å². The summed E-state index contributed by atoms with van der Waals surface area (Å²) in [5.41, 5.74) is -3.88. The van der Waals surface area contributed by atoms with Crippen LogP contribution in [0.15, 0.2) is 28.8 Å². The van der Waals surface area contributed by atoms with Crippen LogP contribution < -0.4 is 9.62 Å². The van der Waals surface area contributed by atoms with E-state index < -0.39 is 111 Å². The average molecular weight is 584 g/mol. The van der Waals surface area contributed by atoms with Gasteiger partial charge in [-0.3, -0.25) is 4.90 Å². The van der Waals surface area contributed by atoms with Gasteiger partial charge in [-0.25, -0.2) is 39.9 Å². The maximum atomic E-state index is 14.9. The zero-order chi connectivity index (χ0) is 28.7. The van der Waals surface area contributed by atoms with Gasteiger partial charge in [-0.2, -0.15) is 13.2 Å². The van der Waals surface area contributed by atoms with Crippen LogP contribution in [0, 0.1) is 17.5 Å². The summed E-state index contributed by atoms with van der Waals surface area (Å²) >= 11 is 0.